The first-order chi connectivity index (χ1) is 11.8. The van der Waals surface area contributed by atoms with Crippen molar-refractivity contribution in [1.82, 2.24) is 5.32 Å². The van der Waals surface area contributed by atoms with E-state index in [0.29, 0.717) is 18.4 Å². The van der Waals surface area contributed by atoms with Gasteiger partial charge >= 0.3 is 0 Å². The zero-order valence-electron chi connectivity index (χ0n) is 17.0. The van der Waals surface area contributed by atoms with Crippen LogP contribution in [0.5, 0.6) is 0 Å². The molecular formula is C22H39NO2. The van der Waals surface area contributed by atoms with Crippen molar-refractivity contribution in [3.8, 4) is 0 Å². The summed E-state index contributed by atoms with van der Waals surface area (Å²) in [5.74, 6) is 4.12. The first kappa shape index (κ1) is 20.6. The first-order valence-corrected chi connectivity index (χ1v) is 10.6. The Morgan fingerprint density at radius 3 is 2.12 bits per heavy atom. The highest BCUT2D eigenvalue weighted by Gasteiger charge is 2.36. The molecular weight excluding hydrogens is 310 g/mol. The summed E-state index contributed by atoms with van der Waals surface area (Å²) >= 11 is 0. The topological polar surface area (TPSA) is 46.2 Å². The minimum absolute atomic E-state index is 0.0951. The predicted octanol–water partition coefficient (Wildman–Crippen LogP) is 4.78. The normalized spacial score (nSPS) is 37.5. The van der Waals surface area contributed by atoms with Crippen LogP contribution in [-0.4, -0.2) is 23.7 Å². The molecule has 0 radical (unpaired) electrons. The minimum atomic E-state index is -0.294. The van der Waals surface area contributed by atoms with Crippen molar-refractivity contribution >= 4 is 11.6 Å². The summed E-state index contributed by atoms with van der Waals surface area (Å²) in [5.41, 5.74) is 0. The van der Waals surface area contributed by atoms with E-state index in [1.807, 2.05) is 0 Å². The Hall–Kier alpha value is -0.700. The molecule has 3 nitrogen and oxygen atoms in total. The van der Waals surface area contributed by atoms with E-state index in [2.05, 4.69) is 26.1 Å². The molecule has 3 heteroatoms. The number of rotatable bonds is 7. The third-order valence-electron chi connectivity index (χ3n) is 7.35. The molecule has 0 aliphatic heterocycles. The van der Waals surface area contributed by atoms with Gasteiger partial charge in [-0.25, -0.2) is 0 Å². The standard InChI is InChI=1S/C22H39NO2/c1-14-8-6-9-19(16(14)3)13-20-10-7-11-21(17(20)4)23-22(18(5)25)12-15(2)24/h14,16-17,19-23H,6-13H2,1-5H3. The van der Waals surface area contributed by atoms with Gasteiger partial charge in [-0.2, -0.15) is 0 Å². The maximum atomic E-state index is 11.9. The molecule has 0 aromatic rings. The number of ketones is 2. The van der Waals surface area contributed by atoms with Crippen molar-refractivity contribution in [3.05, 3.63) is 0 Å². The van der Waals surface area contributed by atoms with Gasteiger partial charge in [0.05, 0.1) is 6.04 Å². The first-order valence-electron chi connectivity index (χ1n) is 10.6. The maximum Gasteiger partial charge on any atom is 0.147 e. The average Bonchev–Trinajstić information content (AvgIpc) is 2.54. The van der Waals surface area contributed by atoms with Crippen LogP contribution in [0.3, 0.4) is 0 Å². The number of carbonyl (C=O) groups excluding carboxylic acids is 2. The Morgan fingerprint density at radius 2 is 1.52 bits per heavy atom. The van der Waals surface area contributed by atoms with Crippen molar-refractivity contribution in [3.63, 3.8) is 0 Å². The number of hydrogen-bond donors (Lipinski definition) is 1. The predicted molar refractivity (Wildman–Crippen MR) is 103 cm³/mol. The summed E-state index contributed by atoms with van der Waals surface area (Å²) in [4.78, 5) is 23.4. The lowest BCUT2D eigenvalue weighted by Crippen LogP contribution is -2.49. The molecule has 0 amide bonds. The lowest BCUT2D eigenvalue weighted by molar-refractivity contribution is -0.124. The molecule has 1 N–H and O–H groups in total. The number of nitrogens with one attached hydrogen (secondary N) is 1. The molecule has 0 aromatic carbocycles. The molecule has 0 heterocycles. The Labute approximate surface area is 154 Å². The van der Waals surface area contributed by atoms with Gasteiger partial charge in [-0.15, -0.1) is 0 Å². The summed E-state index contributed by atoms with van der Waals surface area (Å²) < 4.78 is 0. The smallest absolute Gasteiger partial charge is 0.147 e. The van der Waals surface area contributed by atoms with Crippen molar-refractivity contribution in [2.24, 2.45) is 29.6 Å². The van der Waals surface area contributed by atoms with Gasteiger partial charge in [0.2, 0.25) is 0 Å². The highest BCUT2D eigenvalue weighted by molar-refractivity contribution is 5.88. The fourth-order valence-electron chi connectivity index (χ4n) is 5.30. The molecule has 0 bridgehead atoms. The van der Waals surface area contributed by atoms with Crippen LogP contribution >= 0.6 is 0 Å². The van der Waals surface area contributed by atoms with E-state index in [1.54, 1.807) is 13.8 Å². The molecule has 0 aromatic heterocycles. The third kappa shape index (κ3) is 5.64. The van der Waals surface area contributed by atoms with Gasteiger partial charge in [-0.1, -0.05) is 52.9 Å². The fraction of sp³-hybridized carbons (Fsp3) is 0.909. The van der Waals surface area contributed by atoms with Crippen molar-refractivity contribution < 1.29 is 9.59 Å². The molecule has 2 aliphatic rings. The number of hydrogen-bond acceptors (Lipinski definition) is 3. The zero-order valence-corrected chi connectivity index (χ0v) is 17.0. The second kappa shape index (κ2) is 9.30. The van der Waals surface area contributed by atoms with E-state index in [-0.39, 0.29) is 17.6 Å². The SMILES string of the molecule is CC(=O)CC(NC1CCCC(CC2CCCC(C)C2C)C1C)C(C)=O. The molecule has 7 atom stereocenters. The van der Waals surface area contributed by atoms with Crippen LogP contribution < -0.4 is 5.32 Å². The highest BCUT2D eigenvalue weighted by Crippen LogP contribution is 2.42. The van der Waals surface area contributed by atoms with E-state index in [1.165, 1.54) is 38.5 Å². The highest BCUT2D eigenvalue weighted by atomic mass is 16.1. The largest absolute Gasteiger partial charge is 0.304 e. The number of Topliss-reactive ketones (excluding diaryl/α,β-unsaturated/α-hetero) is 2. The van der Waals surface area contributed by atoms with Gasteiger partial charge in [0.1, 0.15) is 11.6 Å². The Bertz CT molecular complexity index is 461. The molecule has 0 spiro atoms. The van der Waals surface area contributed by atoms with Crippen LogP contribution in [-0.2, 0) is 9.59 Å². The Morgan fingerprint density at radius 1 is 0.920 bits per heavy atom. The van der Waals surface area contributed by atoms with Crippen molar-refractivity contribution in [2.75, 3.05) is 0 Å². The van der Waals surface area contributed by atoms with Gasteiger partial charge < -0.3 is 5.32 Å². The second-order valence-electron chi connectivity index (χ2n) is 9.16. The molecule has 2 rings (SSSR count). The summed E-state index contributed by atoms with van der Waals surface area (Å²) in [6.07, 6.45) is 9.58. The molecule has 144 valence electrons. The molecule has 25 heavy (non-hydrogen) atoms. The zero-order chi connectivity index (χ0) is 18.6. The van der Waals surface area contributed by atoms with Crippen molar-refractivity contribution in [2.45, 2.75) is 98.1 Å². The molecule has 0 saturated heterocycles. The average molecular weight is 350 g/mol. The van der Waals surface area contributed by atoms with Crippen molar-refractivity contribution in [1.29, 1.82) is 0 Å². The molecule has 7 unspecified atom stereocenters. The van der Waals surface area contributed by atoms with Crippen LogP contribution in [0.15, 0.2) is 0 Å². The maximum absolute atomic E-state index is 11.9. The number of carbonyl (C=O) groups is 2. The van der Waals surface area contributed by atoms with E-state index in [9.17, 15) is 9.59 Å². The Balaban J connectivity index is 1.96. The summed E-state index contributed by atoms with van der Waals surface area (Å²) in [6, 6.07) is 0.0839. The summed E-state index contributed by atoms with van der Waals surface area (Å²) in [5, 5.41) is 3.55. The second-order valence-corrected chi connectivity index (χ2v) is 9.16. The third-order valence-corrected chi connectivity index (χ3v) is 7.35. The lowest BCUT2D eigenvalue weighted by Gasteiger charge is -2.42. The quantitative estimate of drug-likeness (QED) is 0.719. The van der Waals surface area contributed by atoms with Crippen LogP contribution in [0.4, 0.5) is 0 Å². The molecule has 2 saturated carbocycles. The van der Waals surface area contributed by atoms with Gasteiger partial charge in [-0.3, -0.25) is 9.59 Å². The minimum Gasteiger partial charge on any atom is -0.304 e. The molecule has 2 fully saturated rings. The Kier molecular flexibility index (Phi) is 7.67. The fourth-order valence-corrected chi connectivity index (χ4v) is 5.30. The van der Waals surface area contributed by atoms with Gasteiger partial charge in [0.15, 0.2) is 0 Å². The van der Waals surface area contributed by atoms with E-state index in [0.717, 1.165) is 30.1 Å². The van der Waals surface area contributed by atoms with Gasteiger partial charge in [-0.05, 0) is 56.3 Å². The van der Waals surface area contributed by atoms with Gasteiger partial charge in [0, 0.05) is 12.5 Å². The van der Waals surface area contributed by atoms with E-state index < -0.39 is 0 Å². The summed E-state index contributed by atoms with van der Waals surface area (Å²) in [6.45, 7) is 10.4. The van der Waals surface area contributed by atoms with Gasteiger partial charge in [0.25, 0.3) is 0 Å². The van der Waals surface area contributed by atoms with Crippen LogP contribution in [0.2, 0.25) is 0 Å². The molecule has 2 aliphatic carbocycles. The lowest BCUT2D eigenvalue weighted by atomic mass is 9.66. The monoisotopic (exact) mass is 349 g/mol. The van der Waals surface area contributed by atoms with Crippen LogP contribution in [0.1, 0.15) is 86.0 Å². The van der Waals surface area contributed by atoms with Crippen LogP contribution in [0, 0.1) is 29.6 Å². The summed E-state index contributed by atoms with van der Waals surface area (Å²) in [7, 11) is 0. The van der Waals surface area contributed by atoms with Crippen LogP contribution in [0.25, 0.3) is 0 Å². The van der Waals surface area contributed by atoms with E-state index >= 15 is 0 Å². The van der Waals surface area contributed by atoms with E-state index in [4.69, 9.17) is 0 Å².